The van der Waals surface area contributed by atoms with Gasteiger partial charge in [-0.25, -0.2) is 0 Å². The number of allylic oxidation sites excluding steroid dienone is 13. The second kappa shape index (κ2) is 10.6. The van der Waals surface area contributed by atoms with E-state index in [4.69, 9.17) is 6.58 Å². The highest BCUT2D eigenvalue weighted by atomic mass is 14.4. The van der Waals surface area contributed by atoms with Crippen molar-refractivity contribution < 1.29 is 0 Å². The minimum Gasteiger partial charge on any atom is -0.0955 e. The predicted octanol–water partition coefficient (Wildman–Crippen LogP) is 10.6. The van der Waals surface area contributed by atoms with E-state index in [-0.39, 0.29) is 5.92 Å². The van der Waals surface area contributed by atoms with Crippen LogP contribution < -0.4 is 0 Å². The van der Waals surface area contributed by atoms with Crippen molar-refractivity contribution in [2.24, 2.45) is 5.92 Å². The fourth-order valence-electron chi connectivity index (χ4n) is 6.59. The molecule has 0 radical (unpaired) electrons. The third-order valence-corrected chi connectivity index (χ3v) is 8.41. The Balaban J connectivity index is 1.45. The van der Waals surface area contributed by atoms with Gasteiger partial charge >= 0.3 is 0 Å². The topological polar surface area (TPSA) is 0 Å². The van der Waals surface area contributed by atoms with Crippen molar-refractivity contribution in [1.29, 1.82) is 0 Å². The Hall–Kier alpha value is -3.64. The van der Waals surface area contributed by atoms with Gasteiger partial charge in [-0.05, 0) is 90.2 Å². The van der Waals surface area contributed by atoms with Gasteiger partial charge in [0.05, 0.1) is 0 Å². The lowest BCUT2D eigenvalue weighted by molar-refractivity contribution is 0.619. The van der Waals surface area contributed by atoms with Gasteiger partial charge in [-0.3, -0.25) is 0 Å². The van der Waals surface area contributed by atoms with Crippen LogP contribution in [0.5, 0.6) is 0 Å². The molecule has 0 N–H and O–H groups in total. The molecule has 5 rings (SSSR count). The van der Waals surface area contributed by atoms with Crippen LogP contribution in [0.3, 0.4) is 0 Å². The van der Waals surface area contributed by atoms with Gasteiger partial charge in [-0.1, -0.05) is 128 Å². The highest BCUT2D eigenvalue weighted by Gasteiger charge is 2.40. The molecule has 192 valence electrons. The van der Waals surface area contributed by atoms with Gasteiger partial charge in [0, 0.05) is 11.8 Å². The van der Waals surface area contributed by atoms with E-state index in [1.165, 1.54) is 66.8 Å². The lowest BCUT2D eigenvalue weighted by Crippen LogP contribution is -2.21. The number of fused-ring (bicyclic) bond motifs is 1. The van der Waals surface area contributed by atoms with E-state index >= 15 is 0 Å². The average molecular weight is 497 g/mol. The monoisotopic (exact) mass is 496 g/mol. The summed E-state index contributed by atoms with van der Waals surface area (Å²) >= 11 is 0. The maximum absolute atomic E-state index is 4.72. The summed E-state index contributed by atoms with van der Waals surface area (Å²) in [4.78, 5) is 0. The van der Waals surface area contributed by atoms with E-state index in [1.54, 1.807) is 0 Å². The van der Waals surface area contributed by atoms with Crippen LogP contribution in [0.4, 0.5) is 0 Å². The van der Waals surface area contributed by atoms with Crippen molar-refractivity contribution in [3.05, 3.63) is 154 Å². The molecule has 0 aliphatic heterocycles. The summed E-state index contributed by atoms with van der Waals surface area (Å²) in [5.74, 6) is 0.580. The van der Waals surface area contributed by atoms with Crippen molar-refractivity contribution in [2.45, 2.75) is 59.3 Å². The maximum Gasteiger partial charge on any atom is 0.0201 e. The molecule has 2 unspecified atom stereocenters. The molecule has 1 saturated carbocycles. The summed E-state index contributed by atoms with van der Waals surface area (Å²) in [6.07, 6.45) is 13.5. The molecule has 0 spiro atoms. The molecular formula is C38H40. The molecule has 0 aromatic heterocycles. The summed E-state index contributed by atoms with van der Waals surface area (Å²) in [6.45, 7) is 22.2. The fourth-order valence-corrected chi connectivity index (χ4v) is 6.59. The molecule has 0 amide bonds. The minimum atomic E-state index is 0.279. The lowest BCUT2D eigenvalue weighted by Gasteiger charge is -2.34. The summed E-state index contributed by atoms with van der Waals surface area (Å²) < 4.78 is 0. The SMILES string of the molecule is C=C(CCC)C1=C(C)C=C2CC(=CC3=CC=C(c4ccccc4C(=C)C)C3)C(=C)C2C1c1ccc(C)cc1. The van der Waals surface area contributed by atoms with Gasteiger partial charge < -0.3 is 0 Å². The van der Waals surface area contributed by atoms with E-state index < -0.39 is 0 Å². The number of benzene rings is 2. The first-order valence-electron chi connectivity index (χ1n) is 14.0. The summed E-state index contributed by atoms with van der Waals surface area (Å²) in [5, 5.41) is 0. The fraction of sp³-hybridized carbons (Fsp3) is 0.263. The first-order valence-corrected chi connectivity index (χ1v) is 14.0. The van der Waals surface area contributed by atoms with Crippen molar-refractivity contribution in [3.63, 3.8) is 0 Å². The Kier molecular flexibility index (Phi) is 7.26. The Labute approximate surface area is 229 Å². The van der Waals surface area contributed by atoms with Crippen molar-refractivity contribution in [1.82, 2.24) is 0 Å². The lowest BCUT2D eigenvalue weighted by atomic mass is 9.69. The first-order chi connectivity index (χ1) is 18.3. The molecule has 38 heavy (non-hydrogen) atoms. The van der Waals surface area contributed by atoms with Crippen molar-refractivity contribution in [2.75, 3.05) is 0 Å². The van der Waals surface area contributed by atoms with Gasteiger partial charge in [-0.2, -0.15) is 0 Å². The van der Waals surface area contributed by atoms with Crippen molar-refractivity contribution in [3.8, 4) is 0 Å². The molecule has 3 aliphatic carbocycles. The third-order valence-electron chi connectivity index (χ3n) is 8.41. The molecule has 0 nitrogen and oxygen atoms in total. The molecule has 2 atom stereocenters. The molecule has 0 saturated heterocycles. The molecule has 0 heteroatoms. The smallest absolute Gasteiger partial charge is 0.0201 e. The van der Waals surface area contributed by atoms with Crippen LogP contribution in [-0.4, -0.2) is 0 Å². The minimum absolute atomic E-state index is 0.279. The molecular weight excluding hydrogens is 456 g/mol. The number of hydrogen-bond donors (Lipinski definition) is 0. The molecule has 2 aromatic carbocycles. The zero-order chi connectivity index (χ0) is 27.0. The molecule has 3 aliphatic rings. The van der Waals surface area contributed by atoms with Gasteiger partial charge in [0.2, 0.25) is 0 Å². The summed E-state index contributed by atoms with van der Waals surface area (Å²) in [6, 6.07) is 17.8. The van der Waals surface area contributed by atoms with Crippen LogP contribution in [0, 0.1) is 12.8 Å². The van der Waals surface area contributed by atoms with Crippen LogP contribution in [0.2, 0.25) is 0 Å². The average Bonchev–Trinajstić information content (AvgIpc) is 3.48. The molecule has 0 heterocycles. The predicted molar refractivity (Wildman–Crippen MR) is 166 cm³/mol. The van der Waals surface area contributed by atoms with Crippen LogP contribution in [0.1, 0.15) is 74.6 Å². The van der Waals surface area contributed by atoms with E-state index in [0.29, 0.717) is 5.92 Å². The number of aryl methyl sites for hydroxylation is 1. The maximum atomic E-state index is 4.72. The van der Waals surface area contributed by atoms with Gasteiger partial charge in [0.25, 0.3) is 0 Å². The van der Waals surface area contributed by atoms with Gasteiger partial charge in [0.15, 0.2) is 0 Å². The zero-order valence-corrected chi connectivity index (χ0v) is 23.5. The van der Waals surface area contributed by atoms with Gasteiger partial charge in [0.1, 0.15) is 0 Å². The standard InChI is InChI=1S/C38H40/c1-8-11-26(5)36-27(6)20-33-23-32(28(7)37(33)38(36)30-17-14-25(4)15-18-30)22-29-16-19-31(21-29)35-13-10-9-12-34(35)24(2)3/h9-10,12-20,22,37-38H,2,5,7-8,11,21,23H2,1,3-4,6H3. The van der Waals surface area contributed by atoms with Crippen LogP contribution >= 0.6 is 0 Å². The highest BCUT2D eigenvalue weighted by Crippen LogP contribution is 2.55. The van der Waals surface area contributed by atoms with E-state index in [1.807, 2.05) is 0 Å². The second-order valence-corrected chi connectivity index (χ2v) is 11.3. The Bertz CT molecular complexity index is 1470. The van der Waals surface area contributed by atoms with Gasteiger partial charge in [-0.15, -0.1) is 0 Å². The summed E-state index contributed by atoms with van der Waals surface area (Å²) in [5.41, 5.74) is 17.3. The molecule has 2 aromatic rings. The van der Waals surface area contributed by atoms with E-state index in [0.717, 1.165) is 31.3 Å². The Morgan fingerprint density at radius 1 is 0.947 bits per heavy atom. The second-order valence-electron chi connectivity index (χ2n) is 11.3. The third kappa shape index (κ3) is 4.81. The normalized spacial score (nSPS) is 21.8. The highest BCUT2D eigenvalue weighted by molar-refractivity contribution is 5.82. The van der Waals surface area contributed by atoms with Crippen molar-refractivity contribution >= 4 is 11.1 Å². The van der Waals surface area contributed by atoms with Crippen LogP contribution in [-0.2, 0) is 0 Å². The molecule has 1 fully saturated rings. The molecule has 0 bridgehead atoms. The Morgan fingerprint density at radius 2 is 1.68 bits per heavy atom. The number of hydrogen-bond acceptors (Lipinski definition) is 0. The quantitative estimate of drug-likeness (QED) is 0.357. The van der Waals surface area contributed by atoms with Crippen LogP contribution in [0.15, 0.2) is 132 Å². The first kappa shape index (κ1) is 26.0. The Morgan fingerprint density at radius 3 is 2.39 bits per heavy atom. The summed E-state index contributed by atoms with van der Waals surface area (Å²) in [7, 11) is 0. The number of rotatable bonds is 7. The largest absolute Gasteiger partial charge is 0.0955 e. The van der Waals surface area contributed by atoms with E-state index in [2.05, 4.69) is 114 Å². The zero-order valence-electron chi connectivity index (χ0n) is 23.5. The van der Waals surface area contributed by atoms with E-state index in [9.17, 15) is 0 Å². The van der Waals surface area contributed by atoms with Crippen LogP contribution in [0.25, 0.3) is 11.1 Å².